The van der Waals surface area contributed by atoms with E-state index in [-0.39, 0.29) is 5.78 Å². The van der Waals surface area contributed by atoms with Crippen molar-refractivity contribution >= 4 is 34.6 Å². The summed E-state index contributed by atoms with van der Waals surface area (Å²) in [4.78, 5) is 14.7. The summed E-state index contributed by atoms with van der Waals surface area (Å²) in [6.45, 7) is 1.91. The van der Waals surface area contributed by atoms with Crippen LogP contribution in [0.4, 0.5) is 11.4 Å². The summed E-state index contributed by atoms with van der Waals surface area (Å²) < 4.78 is 11.8. The summed E-state index contributed by atoms with van der Waals surface area (Å²) in [7, 11) is 1.62. The van der Waals surface area contributed by atoms with Gasteiger partial charge in [-0.05, 0) is 54.1 Å². The van der Waals surface area contributed by atoms with Gasteiger partial charge >= 0.3 is 0 Å². The Kier molecular flexibility index (Phi) is 7.10. The van der Waals surface area contributed by atoms with Crippen molar-refractivity contribution in [1.29, 1.82) is 0 Å². The normalized spacial score (nSPS) is 14.9. The monoisotopic (exact) mass is 511 g/mol. The van der Waals surface area contributed by atoms with Gasteiger partial charge in [0.05, 0.1) is 12.8 Å². The molecule has 6 nitrogen and oxygen atoms in total. The Morgan fingerprint density at radius 3 is 2.14 bits per heavy atom. The molecule has 4 aromatic rings. The molecule has 0 unspecified atom stereocenters. The van der Waals surface area contributed by atoms with E-state index in [9.17, 15) is 4.79 Å². The van der Waals surface area contributed by atoms with E-state index in [2.05, 4.69) is 0 Å². The predicted molar refractivity (Wildman–Crippen MR) is 147 cm³/mol. The molecule has 0 saturated heterocycles. The molecule has 0 spiro atoms. The Balaban J connectivity index is 1.54. The zero-order valence-corrected chi connectivity index (χ0v) is 21.3. The van der Waals surface area contributed by atoms with Crippen molar-refractivity contribution in [1.82, 2.24) is 0 Å². The molecule has 1 aliphatic heterocycles. The van der Waals surface area contributed by atoms with Crippen molar-refractivity contribution in [3.05, 3.63) is 119 Å². The Morgan fingerprint density at radius 1 is 0.865 bits per heavy atom. The average Bonchev–Trinajstić information content (AvgIpc) is 3.35. The molecule has 186 valence electrons. The van der Waals surface area contributed by atoms with Crippen molar-refractivity contribution in [3.8, 4) is 11.5 Å². The molecule has 37 heavy (non-hydrogen) atoms. The Morgan fingerprint density at radius 2 is 1.51 bits per heavy atom. The number of halogens is 1. The third kappa shape index (κ3) is 5.15. The number of benzene rings is 4. The van der Waals surface area contributed by atoms with Crippen LogP contribution in [0, 0.1) is 0 Å². The van der Waals surface area contributed by atoms with Gasteiger partial charge in [0.2, 0.25) is 0 Å². The molecular weight excluding hydrogens is 486 g/mol. The smallest absolute Gasteiger partial charge is 0.198 e. The molecule has 1 aliphatic rings. The maximum absolute atomic E-state index is 12.7. The lowest BCUT2D eigenvalue weighted by Crippen LogP contribution is -2.37. The van der Waals surface area contributed by atoms with Gasteiger partial charge in [0.25, 0.3) is 0 Å². The summed E-state index contributed by atoms with van der Waals surface area (Å²) in [6, 6.07) is 32.9. The summed E-state index contributed by atoms with van der Waals surface area (Å²) in [5.74, 6) is 1.44. The lowest BCUT2D eigenvalue weighted by atomic mass is 10.1. The number of ketones is 1. The lowest BCUT2D eigenvalue weighted by Gasteiger charge is -2.32. The van der Waals surface area contributed by atoms with Crippen LogP contribution in [0.3, 0.4) is 0 Å². The van der Waals surface area contributed by atoms with Crippen LogP contribution in [-0.4, -0.2) is 18.7 Å². The molecule has 1 atom stereocenters. The Hall–Kier alpha value is -4.29. The lowest BCUT2D eigenvalue weighted by molar-refractivity contribution is -0.111. The minimum Gasteiger partial charge on any atom is -0.493 e. The Labute approximate surface area is 221 Å². The number of hydrogen-bond donors (Lipinski definition) is 0. The zero-order chi connectivity index (χ0) is 25.8. The minimum atomic E-state index is -0.414. The SMILES string of the molecule is COc1cc([C@@H]2N(c3ccccc3)N=C(C(C)=O)N2c2ccccc2)ccc1OCc1ccc(Cl)cc1. The number of amidine groups is 1. The molecule has 0 aromatic heterocycles. The number of hydrazone groups is 1. The molecule has 1 heterocycles. The summed E-state index contributed by atoms with van der Waals surface area (Å²) >= 11 is 6.00. The van der Waals surface area contributed by atoms with E-state index in [1.165, 1.54) is 6.92 Å². The third-order valence-electron chi connectivity index (χ3n) is 6.07. The molecule has 0 radical (unpaired) electrons. The van der Waals surface area contributed by atoms with Crippen molar-refractivity contribution in [2.45, 2.75) is 19.7 Å². The quantitative estimate of drug-likeness (QED) is 0.259. The highest BCUT2D eigenvalue weighted by Crippen LogP contribution is 2.41. The van der Waals surface area contributed by atoms with Gasteiger partial charge in [0.1, 0.15) is 6.61 Å². The van der Waals surface area contributed by atoms with Gasteiger partial charge in [-0.15, -0.1) is 5.10 Å². The second kappa shape index (κ2) is 10.8. The maximum Gasteiger partial charge on any atom is 0.198 e. The van der Waals surface area contributed by atoms with Crippen molar-refractivity contribution in [2.75, 3.05) is 17.0 Å². The van der Waals surface area contributed by atoms with Gasteiger partial charge in [-0.25, -0.2) is 5.01 Å². The van der Waals surface area contributed by atoms with Crippen LogP contribution in [0.15, 0.2) is 108 Å². The molecule has 0 amide bonds. The first-order valence-electron chi connectivity index (χ1n) is 11.9. The first-order valence-corrected chi connectivity index (χ1v) is 12.3. The first-order chi connectivity index (χ1) is 18.0. The largest absolute Gasteiger partial charge is 0.493 e. The molecule has 4 aromatic carbocycles. The van der Waals surface area contributed by atoms with E-state index in [4.69, 9.17) is 26.2 Å². The van der Waals surface area contributed by atoms with Crippen LogP contribution in [0.25, 0.3) is 0 Å². The second-order valence-corrected chi connectivity index (χ2v) is 9.00. The zero-order valence-electron chi connectivity index (χ0n) is 20.5. The number of para-hydroxylation sites is 2. The fraction of sp³-hybridized carbons (Fsp3) is 0.133. The highest BCUT2D eigenvalue weighted by atomic mass is 35.5. The topological polar surface area (TPSA) is 54.4 Å². The summed E-state index contributed by atoms with van der Waals surface area (Å²) in [5.41, 5.74) is 3.62. The van der Waals surface area contributed by atoms with Gasteiger partial charge < -0.3 is 9.47 Å². The molecule has 0 aliphatic carbocycles. The number of ether oxygens (including phenoxy) is 2. The van der Waals surface area contributed by atoms with Crippen LogP contribution in [0.5, 0.6) is 11.5 Å². The van der Waals surface area contributed by atoms with E-state index in [0.29, 0.717) is 29.0 Å². The fourth-order valence-electron chi connectivity index (χ4n) is 4.30. The fourth-order valence-corrected chi connectivity index (χ4v) is 4.42. The van der Waals surface area contributed by atoms with E-state index >= 15 is 0 Å². The van der Waals surface area contributed by atoms with Crippen LogP contribution in [0.2, 0.25) is 5.02 Å². The van der Waals surface area contributed by atoms with Crippen LogP contribution in [-0.2, 0) is 11.4 Å². The number of rotatable bonds is 8. The van der Waals surface area contributed by atoms with Crippen molar-refractivity contribution in [3.63, 3.8) is 0 Å². The first kappa shape index (κ1) is 24.4. The molecule has 0 saturated carbocycles. The average molecular weight is 512 g/mol. The molecule has 0 bridgehead atoms. The van der Waals surface area contributed by atoms with Crippen molar-refractivity contribution < 1.29 is 14.3 Å². The summed E-state index contributed by atoms with van der Waals surface area (Å²) in [5, 5.41) is 7.33. The minimum absolute atomic E-state index is 0.123. The number of carbonyl (C=O) groups excluding carboxylic acids is 1. The van der Waals surface area contributed by atoms with Gasteiger partial charge in [0.15, 0.2) is 29.3 Å². The number of hydrogen-bond acceptors (Lipinski definition) is 6. The van der Waals surface area contributed by atoms with Gasteiger partial charge in [-0.2, -0.15) is 0 Å². The van der Waals surface area contributed by atoms with E-state index in [1.807, 2.05) is 113 Å². The van der Waals surface area contributed by atoms with Crippen LogP contribution in [0.1, 0.15) is 24.2 Å². The van der Waals surface area contributed by atoms with Crippen LogP contribution >= 0.6 is 11.6 Å². The summed E-state index contributed by atoms with van der Waals surface area (Å²) in [6.07, 6.45) is -0.414. The third-order valence-corrected chi connectivity index (χ3v) is 6.32. The second-order valence-electron chi connectivity index (χ2n) is 8.56. The number of anilines is 2. The van der Waals surface area contributed by atoms with Gasteiger partial charge in [0, 0.05) is 23.2 Å². The molecule has 5 rings (SSSR count). The standard InChI is InChI=1S/C30H26ClN3O3/c1-21(35)29-32-34(26-11-7-4-8-12-26)30(33(29)25-9-5-3-6-10-25)23-15-18-27(28(19-23)36-2)37-20-22-13-16-24(31)17-14-22/h3-19,30H,20H2,1-2H3/t30-/m0/s1. The van der Waals surface area contributed by atoms with E-state index in [1.54, 1.807) is 7.11 Å². The highest BCUT2D eigenvalue weighted by molar-refractivity contribution is 6.44. The highest BCUT2D eigenvalue weighted by Gasteiger charge is 2.39. The maximum atomic E-state index is 12.7. The number of carbonyl (C=O) groups is 1. The molecule has 0 fully saturated rings. The van der Waals surface area contributed by atoms with E-state index in [0.717, 1.165) is 22.5 Å². The molecule has 7 heteroatoms. The number of nitrogens with zero attached hydrogens (tertiary/aromatic N) is 3. The van der Waals surface area contributed by atoms with Crippen molar-refractivity contribution in [2.24, 2.45) is 5.10 Å². The van der Waals surface area contributed by atoms with Crippen LogP contribution < -0.4 is 19.4 Å². The van der Waals surface area contributed by atoms with E-state index < -0.39 is 6.17 Å². The van der Waals surface area contributed by atoms with Gasteiger partial charge in [-0.3, -0.25) is 9.69 Å². The Bertz CT molecular complexity index is 1410. The number of Topliss-reactive ketones (excluding diaryl/α,β-unsaturated/α-hetero) is 1. The van der Waals surface area contributed by atoms with Gasteiger partial charge in [-0.1, -0.05) is 66.2 Å². The molecule has 0 N–H and O–H groups in total. The predicted octanol–water partition coefficient (Wildman–Crippen LogP) is 6.86. The number of methoxy groups -OCH3 is 1. The molecular formula is C30H26ClN3O3.